The molecule has 2 atom stereocenters. The molecule has 0 heterocycles. The number of hydrogen-bond acceptors (Lipinski definition) is 2. The Labute approximate surface area is 49.1 Å². The van der Waals surface area contributed by atoms with E-state index in [4.69, 9.17) is 5.73 Å². The topological polar surface area (TPSA) is 43.1 Å². The van der Waals surface area contributed by atoms with E-state index in [0.29, 0.717) is 5.92 Å². The maximum absolute atomic E-state index is 10.6. The molecular weight excluding hydrogens is 102 g/mol. The fourth-order valence-corrected chi connectivity index (χ4v) is 0.938. The Balaban J connectivity index is 2.60. The van der Waals surface area contributed by atoms with Gasteiger partial charge in [-0.15, -0.1) is 0 Å². The van der Waals surface area contributed by atoms with Crippen LogP contribution in [-0.2, 0) is 4.79 Å². The van der Waals surface area contributed by atoms with Crippen LogP contribution in [-0.4, -0.2) is 11.3 Å². The average Bonchev–Trinajstić information content (AvgIpc) is 2.17. The molecule has 0 amide bonds. The van der Waals surface area contributed by atoms with Gasteiger partial charge in [0.2, 0.25) is 0 Å². The highest BCUT2D eigenvalue weighted by Crippen LogP contribution is 2.40. The van der Waals surface area contributed by atoms with Gasteiger partial charge in [0.1, 0.15) is 5.78 Å². The normalized spacial score (nSPS) is 44.1. The van der Waals surface area contributed by atoms with Crippen molar-refractivity contribution >= 4 is 5.78 Å². The lowest BCUT2D eigenvalue weighted by molar-refractivity contribution is -0.119. The number of ketones is 1. The van der Waals surface area contributed by atoms with Crippen molar-refractivity contribution in [1.29, 1.82) is 0 Å². The van der Waals surface area contributed by atoms with Crippen LogP contribution >= 0.6 is 0 Å². The van der Waals surface area contributed by atoms with Crippen molar-refractivity contribution in [2.45, 2.75) is 25.8 Å². The van der Waals surface area contributed by atoms with Gasteiger partial charge in [0.05, 0.1) is 5.54 Å². The van der Waals surface area contributed by atoms with Crippen LogP contribution < -0.4 is 5.73 Å². The molecule has 2 unspecified atom stereocenters. The second-order valence-electron chi connectivity index (χ2n) is 2.70. The highest BCUT2D eigenvalue weighted by molar-refractivity contribution is 5.89. The molecule has 0 radical (unpaired) electrons. The van der Waals surface area contributed by atoms with E-state index in [0.717, 1.165) is 6.42 Å². The lowest BCUT2D eigenvalue weighted by Crippen LogP contribution is -2.32. The van der Waals surface area contributed by atoms with Gasteiger partial charge in [0, 0.05) is 0 Å². The lowest BCUT2D eigenvalue weighted by atomic mass is 10.1. The van der Waals surface area contributed by atoms with Crippen LogP contribution in [0.2, 0.25) is 0 Å². The number of Topliss-reactive ketones (excluding diaryl/α,β-unsaturated/α-hetero) is 1. The highest BCUT2D eigenvalue weighted by Gasteiger charge is 2.51. The molecule has 0 spiro atoms. The lowest BCUT2D eigenvalue weighted by Gasteiger charge is -2.00. The monoisotopic (exact) mass is 113 g/mol. The maximum Gasteiger partial charge on any atom is 0.149 e. The summed E-state index contributed by atoms with van der Waals surface area (Å²) < 4.78 is 0. The van der Waals surface area contributed by atoms with Gasteiger partial charge in [0.25, 0.3) is 0 Å². The predicted molar refractivity (Wildman–Crippen MR) is 31.4 cm³/mol. The molecule has 0 aromatic rings. The number of carbonyl (C=O) groups excluding carboxylic acids is 1. The van der Waals surface area contributed by atoms with Crippen LogP contribution in [0, 0.1) is 5.92 Å². The van der Waals surface area contributed by atoms with Crippen LogP contribution in [0.4, 0.5) is 0 Å². The van der Waals surface area contributed by atoms with Gasteiger partial charge < -0.3 is 5.73 Å². The second-order valence-corrected chi connectivity index (χ2v) is 2.70. The minimum absolute atomic E-state index is 0.130. The van der Waals surface area contributed by atoms with Gasteiger partial charge in [0.15, 0.2) is 0 Å². The zero-order valence-electron chi connectivity index (χ0n) is 5.27. The number of rotatable bonds is 1. The molecule has 1 fully saturated rings. The Morgan fingerprint density at radius 2 is 2.25 bits per heavy atom. The van der Waals surface area contributed by atoms with E-state index < -0.39 is 5.54 Å². The molecule has 0 aliphatic heterocycles. The molecule has 1 aliphatic rings. The third-order valence-corrected chi connectivity index (χ3v) is 2.02. The summed E-state index contributed by atoms with van der Waals surface area (Å²) in [6.45, 7) is 3.56. The summed E-state index contributed by atoms with van der Waals surface area (Å²) in [7, 11) is 0. The standard InChI is InChI=1S/C6H11NO/c1-4-3-6(4,7)5(2)8/h4H,3,7H2,1-2H3. The molecule has 0 aromatic carbocycles. The van der Waals surface area contributed by atoms with Crippen LogP contribution in [0.15, 0.2) is 0 Å². The van der Waals surface area contributed by atoms with Gasteiger partial charge in [-0.05, 0) is 19.3 Å². The van der Waals surface area contributed by atoms with E-state index in [1.807, 2.05) is 6.92 Å². The molecule has 46 valence electrons. The summed E-state index contributed by atoms with van der Waals surface area (Å²) in [4.78, 5) is 10.6. The molecule has 0 saturated heterocycles. The highest BCUT2D eigenvalue weighted by atomic mass is 16.1. The zero-order chi connectivity index (χ0) is 6.36. The van der Waals surface area contributed by atoms with E-state index in [1.165, 1.54) is 0 Å². The molecule has 1 rings (SSSR count). The van der Waals surface area contributed by atoms with Crippen LogP contribution in [0.1, 0.15) is 20.3 Å². The summed E-state index contributed by atoms with van der Waals surface area (Å²) >= 11 is 0. The van der Waals surface area contributed by atoms with Gasteiger partial charge in [-0.1, -0.05) is 6.92 Å². The zero-order valence-corrected chi connectivity index (χ0v) is 5.27. The van der Waals surface area contributed by atoms with Gasteiger partial charge in [-0.25, -0.2) is 0 Å². The Bertz CT molecular complexity index is 132. The first-order chi connectivity index (χ1) is 3.57. The van der Waals surface area contributed by atoms with E-state index in [2.05, 4.69) is 0 Å². The summed E-state index contributed by atoms with van der Waals surface area (Å²) in [6, 6.07) is 0. The first kappa shape index (κ1) is 5.76. The fourth-order valence-electron chi connectivity index (χ4n) is 0.938. The molecule has 1 saturated carbocycles. The Morgan fingerprint density at radius 1 is 1.88 bits per heavy atom. The predicted octanol–water partition coefficient (Wildman–Crippen LogP) is 0.313. The average molecular weight is 113 g/mol. The van der Waals surface area contributed by atoms with Crippen molar-refractivity contribution in [2.75, 3.05) is 0 Å². The van der Waals surface area contributed by atoms with E-state index in [-0.39, 0.29) is 5.78 Å². The third kappa shape index (κ3) is 0.564. The van der Waals surface area contributed by atoms with Crippen LogP contribution in [0.5, 0.6) is 0 Å². The van der Waals surface area contributed by atoms with Crippen molar-refractivity contribution in [3.8, 4) is 0 Å². The SMILES string of the molecule is CC(=O)C1(N)CC1C. The second kappa shape index (κ2) is 1.32. The number of nitrogens with two attached hydrogens (primary N) is 1. The number of hydrogen-bond donors (Lipinski definition) is 1. The summed E-state index contributed by atoms with van der Waals surface area (Å²) in [5.41, 5.74) is 5.15. The smallest absolute Gasteiger partial charge is 0.149 e. The summed E-state index contributed by atoms with van der Waals surface area (Å²) in [5, 5.41) is 0. The summed E-state index contributed by atoms with van der Waals surface area (Å²) in [6.07, 6.45) is 0.877. The third-order valence-electron chi connectivity index (χ3n) is 2.02. The molecule has 2 nitrogen and oxygen atoms in total. The molecule has 2 N–H and O–H groups in total. The molecule has 8 heavy (non-hydrogen) atoms. The van der Waals surface area contributed by atoms with Crippen molar-refractivity contribution in [3.63, 3.8) is 0 Å². The van der Waals surface area contributed by atoms with E-state index >= 15 is 0 Å². The Kier molecular flexibility index (Phi) is 0.949. The Hall–Kier alpha value is -0.370. The number of carbonyl (C=O) groups is 1. The van der Waals surface area contributed by atoms with E-state index in [9.17, 15) is 4.79 Å². The molecule has 0 bridgehead atoms. The van der Waals surface area contributed by atoms with Gasteiger partial charge >= 0.3 is 0 Å². The molecule has 1 aliphatic carbocycles. The largest absolute Gasteiger partial charge is 0.319 e. The molecule has 0 aromatic heterocycles. The van der Waals surface area contributed by atoms with Gasteiger partial charge in [-0.3, -0.25) is 4.79 Å². The van der Waals surface area contributed by atoms with E-state index in [1.54, 1.807) is 6.92 Å². The Morgan fingerprint density at radius 3 is 2.25 bits per heavy atom. The van der Waals surface area contributed by atoms with Gasteiger partial charge in [-0.2, -0.15) is 0 Å². The van der Waals surface area contributed by atoms with Crippen molar-refractivity contribution < 1.29 is 4.79 Å². The van der Waals surface area contributed by atoms with Crippen LogP contribution in [0.3, 0.4) is 0 Å². The fraction of sp³-hybridized carbons (Fsp3) is 0.833. The van der Waals surface area contributed by atoms with Crippen molar-refractivity contribution in [3.05, 3.63) is 0 Å². The van der Waals surface area contributed by atoms with Crippen molar-refractivity contribution in [2.24, 2.45) is 11.7 Å². The minimum Gasteiger partial charge on any atom is -0.319 e. The van der Waals surface area contributed by atoms with Crippen LogP contribution in [0.25, 0.3) is 0 Å². The summed E-state index contributed by atoms with van der Waals surface area (Å²) in [5.74, 6) is 0.546. The minimum atomic E-state index is -0.431. The molecule has 2 heteroatoms. The quantitative estimate of drug-likeness (QED) is 0.532. The molecular formula is C6H11NO. The maximum atomic E-state index is 10.6. The first-order valence-corrected chi connectivity index (χ1v) is 2.87. The van der Waals surface area contributed by atoms with Crippen molar-refractivity contribution in [1.82, 2.24) is 0 Å². The first-order valence-electron chi connectivity index (χ1n) is 2.87.